The molecule has 2 heteroatoms. The van der Waals surface area contributed by atoms with E-state index in [4.69, 9.17) is 5.11 Å². The first kappa shape index (κ1) is 10.2. The molecule has 0 aliphatic heterocycles. The Kier molecular flexibility index (Phi) is 3.43. The van der Waals surface area contributed by atoms with Crippen LogP contribution in [0.1, 0.15) is 24.0 Å². The lowest BCUT2D eigenvalue weighted by atomic mass is 9.98. The summed E-state index contributed by atoms with van der Waals surface area (Å²) in [6.45, 7) is 5.45. The number of rotatable bonds is 3. The molecule has 0 bridgehead atoms. The van der Waals surface area contributed by atoms with Gasteiger partial charge in [-0.15, -0.1) is 0 Å². The number of aliphatic hydroxyl groups is 1. The van der Waals surface area contributed by atoms with E-state index in [-0.39, 0.29) is 18.3 Å². The van der Waals surface area contributed by atoms with E-state index in [1.54, 1.807) is 18.2 Å². The Labute approximate surface area is 78.2 Å². The van der Waals surface area contributed by atoms with Gasteiger partial charge >= 0.3 is 0 Å². The van der Waals surface area contributed by atoms with Crippen LogP contribution in [0.5, 0.6) is 0 Å². The van der Waals surface area contributed by atoms with E-state index in [0.717, 1.165) is 0 Å². The Hall–Kier alpha value is -0.890. The predicted octanol–water partition coefficient (Wildman–Crippen LogP) is 2.30. The quantitative estimate of drug-likeness (QED) is 0.758. The molecular weight excluding hydrogens is 167 g/mol. The highest BCUT2D eigenvalue weighted by atomic mass is 19.1. The minimum Gasteiger partial charge on any atom is -0.396 e. The fraction of sp³-hybridized carbons (Fsp3) is 0.364. The number of aryl methyl sites for hydroxylation is 1. The largest absolute Gasteiger partial charge is 0.396 e. The summed E-state index contributed by atoms with van der Waals surface area (Å²) in [5.41, 5.74) is 1.18. The first-order valence-electron chi connectivity index (χ1n) is 4.42. The summed E-state index contributed by atoms with van der Waals surface area (Å²) in [7, 11) is 0. The lowest BCUT2D eigenvalue weighted by Crippen LogP contribution is -2.04. The van der Waals surface area contributed by atoms with Gasteiger partial charge in [-0.3, -0.25) is 0 Å². The minimum absolute atomic E-state index is 0.121. The van der Waals surface area contributed by atoms with Crippen LogP contribution in [-0.4, -0.2) is 11.7 Å². The van der Waals surface area contributed by atoms with Gasteiger partial charge in [0.1, 0.15) is 5.82 Å². The average molecular weight is 181 g/mol. The molecule has 0 aromatic heterocycles. The van der Waals surface area contributed by atoms with Gasteiger partial charge in [0.25, 0.3) is 0 Å². The molecule has 1 atom stereocenters. The Morgan fingerprint density at radius 3 is 2.77 bits per heavy atom. The second-order valence-electron chi connectivity index (χ2n) is 3.05. The molecule has 1 rings (SSSR count). The molecule has 0 aliphatic carbocycles. The summed E-state index contributed by atoms with van der Waals surface area (Å²) < 4.78 is 13.6. The topological polar surface area (TPSA) is 20.2 Å². The molecule has 1 radical (unpaired) electrons. The van der Waals surface area contributed by atoms with Crippen LogP contribution in [-0.2, 0) is 6.42 Å². The highest BCUT2D eigenvalue weighted by Gasteiger charge is 2.11. The highest BCUT2D eigenvalue weighted by molar-refractivity contribution is 5.29. The second-order valence-corrected chi connectivity index (χ2v) is 3.05. The zero-order valence-corrected chi connectivity index (χ0v) is 7.76. The summed E-state index contributed by atoms with van der Waals surface area (Å²) in [5.74, 6) is -0.592. The maximum absolute atomic E-state index is 13.6. The van der Waals surface area contributed by atoms with Gasteiger partial charge in [0.2, 0.25) is 0 Å². The van der Waals surface area contributed by atoms with Crippen molar-refractivity contribution in [1.29, 1.82) is 0 Å². The van der Waals surface area contributed by atoms with Crippen molar-refractivity contribution in [1.82, 2.24) is 0 Å². The van der Waals surface area contributed by atoms with E-state index in [1.165, 1.54) is 0 Å². The van der Waals surface area contributed by atoms with Crippen molar-refractivity contribution in [2.75, 3.05) is 6.61 Å². The zero-order chi connectivity index (χ0) is 9.84. The van der Waals surface area contributed by atoms with Crippen molar-refractivity contribution in [3.05, 3.63) is 42.1 Å². The van der Waals surface area contributed by atoms with Gasteiger partial charge in [-0.2, -0.15) is 0 Å². The van der Waals surface area contributed by atoms with E-state index < -0.39 is 0 Å². The third-order valence-electron chi connectivity index (χ3n) is 2.15. The molecule has 0 aliphatic rings. The predicted molar refractivity (Wildman–Crippen MR) is 51.0 cm³/mol. The van der Waals surface area contributed by atoms with Crippen LogP contribution in [0, 0.1) is 12.7 Å². The smallest absolute Gasteiger partial charge is 0.129 e. The summed E-state index contributed by atoms with van der Waals surface area (Å²) >= 11 is 0. The van der Waals surface area contributed by atoms with Crippen molar-refractivity contribution in [2.45, 2.75) is 19.3 Å². The molecule has 0 saturated heterocycles. The number of halogens is 1. The van der Waals surface area contributed by atoms with Gasteiger partial charge in [-0.1, -0.05) is 25.1 Å². The molecule has 0 heterocycles. The lowest BCUT2D eigenvalue weighted by Gasteiger charge is -2.11. The van der Waals surface area contributed by atoms with Crippen LogP contribution in [0.2, 0.25) is 0 Å². The fourth-order valence-corrected chi connectivity index (χ4v) is 1.29. The van der Waals surface area contributed by atoms with Crippen molar-refractivity contribution >= 4 is 0 Å². The first-order chi connectivity index (χ1) is 6.20. The Balaban J connectivity index is 3.08. The van der Waals surface area contributed by atoms with Gasteiger partial charge in [-0.05, 0) is 24.5 Å². The molecule has 0 fully saturated rings. The van der Waals surface area contributed by atoms with Crippen LogP contribution >= 0.6 is 0 Å². The van der Waals surface area contributed by atoms with Crippen molar-refractivity contribution < 1.29 is 9.50 Å². The Morgan fingerprint density at radius 1 is 1.54 bits per heavy atom. The lowest BCUT2D eigenvalue weighted by molar-refractivity contribution is 0.280. The summed E-state index contributed by atoms with van der Waals surface area (Å²) in [5, 5.41) is 8.85. The molecule has 1 unspecified atom stereocenters. The van der Waals surface area contributed by atoms with Gasteiger partial charge in [-0.25, -0.2) is 4.39 Å². The number of hydrogen-bond donors (Lipinski definition) is 1. The molecule has 0 saturated carbocycles. The van der Waals surface area contributed by atoms with Crippen LogP contribution < -0.4 is 0 Å². The molecule has 0 spiro atoms. The monoisotopic (exact) mass is 181 g/mol. The first-order valence-corrected chi connectivity index (χ1v) is 4.42. The third-order valence-corrected chi connectivity index (χ3v) is 2.15. The molecule has 1 aromatic rings. The number of hydrogen-bond acceptors (Lipinski definition) is 1. The van der Waals surface area contributed by atoms with Crippen LogP contribution in [0.3, 0.4) is 0 Å². The Bertz CT molecular complexity index is 283. The van der Waals surface area contributed by atoms with E-state index in [9.17, 15) is 4.39 Å². The van der Waals surface area contributed by atoms with Crippen LogP contribution in [0.25, 0.3) is 0 Å². The van der Waals surface area contributed by atoms with Crippen LogP contribution in [0.15, 0.2) is 18.2 Å². The standard InChI is InChI=1S/C11H14FO/c1-3-9-5-4-6-10(11(9)12)8(2)7-13/h4-6,8,13H,2-3,7H2,1H3. The zero-order valence-electron chi connectivity index (χ0n) is 7.76. The van der Waals surface area contributed by atoms with Crippen molar-refractivity contribution in [3.63, 3.8) is 0 Å². The summed E-state index contributed by atoms with van der Waals surface area (Å²) in [6, 6.07) is 5.22. The molecule has 1 N–H and O–H groups in total. The minimum atomic E-state index is -0.369. The molecule has 71 valence electrons. The molecular formula is C11H14FO. The molecule has 1 nitrogen and oxygen atoms in total. The maximum Gasteiger partial charge on any atom is 0.129 e. The average Bonchev–Trinajstić information content (AvgIpc) is 2.17. The third kappa shape index (κ3) is 2.07. The van der Waals surface area contributed by atoms with Gasteiger partial charge in [0.05, 0.1) is 6.61 Å². The van der Waals surface area contributed by atoms with Crippen molar-refractivity contribution in [2.24, 2.45) is 0 Å². The molecule has 1 aromatic carbocycles. The van der Waals surface area contributed by atoms with Crippen molar-refractivity contribution in [3.8, 4) is 0 Å². The Morgan fingerprint density at radius 2 is 2.23 bits per heavy atom. The summed E-state index contributed by atoms with van der Waals surface area (Å²) in [6.07, 6.45) is 0.665. The highest BCUT2D eigenvalue weighted by Crippen LogP contribution is 2.20. The molecule has 0 amide bonds. The molecule has 13 heavy (non-hydrogen) atoms. The van der Waals surface area contributed by atoms with Crippen LogP contribution in [0.4, 0.5) is 4.39 Å². The summed E-state index contributed by atoms with van der Waals surface area (Å²) in [4.78, 5) is 0. The maximum atomic E-state index is 13.6. The normalized spacial score (nSPS) is 12.9. The number of aliphatic hydroxyl groups excluding tert-OH is 1. The second kappa shape index (κ2) is 4.38. The number of benzene rings is 1. The fourth-order valence-electron chi connectivity index (χ4n) is 1.29. The van der Waals surface area contributed by atoms with E-state index in [1.807, 2.05) is 6.92 Å². The van der Waals surface area contributed by atoms with Gasteiger partial charge in [0, 0.05) is 5.92 Å². The van der Waals surface area contributed by atoms with E-state index in [2.05, 4.69) is 6.92 Å². The van der Waals surface area contributed by atoms with Gasteiger partial charge in [0.15, 0.2) is 0 Å². The SMILES string of the molecule is [CH2]C(CO)c1cccc(CC)c1F. The van der Waals surface area contributed by atoms with E-state index >= 15 is 0 Å². The van der Waals surface area contributed by atoms with E-state index in [0.29, 0.717) is 17.5 Å². The van der Waals surface area contributed by atoms with Gasteiger partial charge < -0.3 is 5.11 Å².